The average molecular weight is 229 g/mol. The Morgan fingerprint density at radius 1 is 1.60 bits per heavy atom. The van der Waals surface area contributed by atoms with Gasteiger partial charge in [0, 0.05) is 19.3 Å². The zero-order chi connectivity index (χ0) is 11.3. The topological polar surface area (TPSA) is 53.4 Å². The molecule has 0 atom stereocenters. The molecule has 15 heavy (non-hydrogen) atoms. The summed E-state index contributed by atoms with van der Waals surface area (Å²) in [5, 5.41) is 9.14. The molecule has 0 bridgehead atoms. The van der Waals surface area contributed by atoms with Gasteiger partial charge in [-0.1, -0.05) is 11.6 Å². The second-order valence-corrected chi connectivity index (χ2v) is 3.37. The lowest BCUT2D eigenvalue weighted by molar-refractivity contribution is 0.0731. The first-order chi connectivity index (χ1) is 7.19. The average Bonchev–Trinajstić information content (AvgIpc) is 2.26. The minimum Gasteiger partial charge on any atom is -0.395 e. The normalized spacial score (nSPS) is 10.1. The number of aromatic nitrogens is 1. The summed E-state index contributed by atoms with van der Waals surface area (Å²) in [4.78, 5) is 17.2. The second-order valence-electron chi connectivity index (χ2n) is 2.98. The third-order valence-corrected chi connectivity index (χ3v) is 2.24. The number of carbonyl (C=O) groups excluding carboxylic acids is 1. The number of aliphatic hydroxyl groups excluding tert-OH is 1. The van der Waals surface area contributed by atoms with Crippen LogP contribution < -0.4 is 0 Å². The molecule has 0 spiro atoms. The van der Waals surface area contributed by atoms with Gasteiger partial charge in [-0.15, -0.1) is 0 Å². The van der Waals surface area contributed by atoms with E-state index in [2.05, 4.69) is 4.98 Å². The number of halogens is 1. The first kappa shape index (κ1) is 11.9. The number of aliphatic hydroxyl groups is 1. The fraction of sp³-hybridized carbons (Fsp3) is 0.400. The Morgan fingerprint density at radius 2 is 2.33 bits per heavy atom. The van der Waals surface area contributed by atoms with Crippen molar-refractivity contribution in [3.63, 3.8) is 0 Å². The number of nitrogens with zero attached hydrogens (tertiary/aromatic N) is 2. The molecule has 0 unspecified atom stereocenters. The lowest BCUT2D eigenvalue weighted by Gasteiger charge is -2.19. The lowest BCUT2D eigenvalue weighted by atomic mass is 10.2. The van der Waals surface area contributed by atoms with E-state index < -0.39 is 0 Å². The molecule has 0 fully saturated rings. The van der Waals surface area contributed by atoms with Crippen molar-refractivity contribution in [1.82, 2.24) is 9.88 Å². The van der Waals surface area contributed by atoms with E-state index in [4.69, 9.17) is 16.7 Å². The van der Waals surface area contributed by atoms with E-state index >= 15 is 0 Å². The van der Waals surface area contributed by atoms with Gasteiger partial charge in [-0.3, -0.25) is 4.79 Å². The molecule has 1 aromatic rings. The van der Waals surface area contributed by atoms with Crippen LogP contribution in [0.1, 0.15) is 17.3 Å². The van der Waals surface area contributed by atoms with Gasteiger partial charge in [0.1, 0.15) is 5.15 Å². The van der Waals surface area contributed by atoms with Gasteiger partial charge < -0.3 is 10.0 Å². The summed E-state index contributed by atoms with van der Waals surface area (Å²) in [6.07, 6.45) is 1.44. The molecule has 0 saturated heterocycles. The molecule has 1 aromatic heterocycles. The third-order valence-electron chi connectivity index (χ3n) is 2.01. The number of likely N-dealkylation sites (N-methyl/N-ethyl adjacent to an activating group) is 1. The van der Waals surface area contributed by atoms with E-state index in [1.54, 1.807) is 17.0 Å². The van der Waals surface area contributed by atoms with Gasteiger partial charge in [-0.2, -0.15) is 0 Å². The molecule has 0 aromatic carbocycles. The van der Waals surface area contributed by atoms with E-state index in [0.717, 1.165) is 0 Å². The SMILES string of the molecule is CCN(CCO)C(=O)c1ccc(Cl)nc1. The highest BCUT2D eigenvalue weighted by Crippen LogP contribution is 2.07. The van der Waals surface area contributed by atoms with E-state index in [9.17, 15) is 4.79 Å². The minimum absolute atomic E-state index is 0.0411. The quantitative estimate of drug-likeness (QED) is 0.788. The Hall–Kier alpha value is -1.13. The smallest absolute Gasteiger partial charge is 0.255 e. The molecule has 0 aliphatic heterocycles. The maximum Gasteiger partial charge on any atom is 0.255 e. The number of hydrogen-bond acceptors (Lipinski definition) is 3. The highest BCUT2D eigenvalue weighted by molar-refractivity contribution is 6.29. The number of hydrogen-bond donors (Lipinski definition) is 1. The zero-order valence-electron chi connectivity index (χ0n) is 8.48. The van der Waals surface area contributed by atoms with Crippen molar-refractivity contribution >= 4 is 17.5 Å². The van der Waals surface area contributed by atoms with Gasteiger partial charge in [0.25, 0.3) is 5.91 Å². The van der Waals surface area contributed by atoms with Crippen LogP contribution in [0, 0.1) is 0 Å². The predicted octanol–water partition coefficient (Wildman–Crippen LogP) is 1.19. The lowest BCUT2D eigenvalue weighted by Crippen LogP contribution is -2.33. The summed E-state index contributed by atoms with van der Waals surface area (Å²) < 4.78 is 0. The Balaban J connectivity index is 2.78. The molecule has 1 heterocycles. The first-order valence-electron chi connectivity index (χ1n) is 4.70. The van der Waals surface area contributed by atoms with Crippen LogP contribution in [-0.4, -0.2) is 40.6 Å². The molecule has 1 amide bonds. The van der Waals surface area contributed by atoms with E-state index in [1.165, 1.54) is 6.20 Å². The van der Waals surface area contributed by atoms with Gasteiger partial charge in [0.2, 0.25) is 0 Å². The van der Waals surface area contributed by atoms with E-state index in [1.807, 2.05) is 6.92 Å². The van der Waals surface area contributed by atoms with Crippen LogP contribution in [0.5, 0.6) is 0 Å². The summed E-state index contributed by atoms with van der Waals surface area (Å²) in [5.41, 5.74) is 0.481. The Bertz CT molecular complexity index is 327. The van der Waals surface area contributed by atoms with Crippen LogP contribution in [0.2, 0.25) is 5.15 Å². The molecule has 0 aliphatic rings. The van der Waals surface area contributed by atoms with Crippen LogP contribution in [-0.2, 0) is 0 Å². The van der Waals surface area contributed by atoms with Gasteiger partial charge >= 0.3 is 0 Å². The van der Waals surface area contributed by atoms with Crippen molar-refractivity contribution in [3.05, 3.63) is 29.0 Å². The van der Waals surface area contributed by atoms with Crippen LogP contribution >= 0.6 is 11.6 Å². The molecular weight excluding hydrogens is 216 g/mol. The summed E-state index contributed by atoms with van der Waals surface area (Å²) in [6, 6.07) is 3.19. The van der Waals surface area contributed by atoms with Crippen LogP contribution in [0.4, 0.5) is 0 Å². The largest absolute Gasteiger partial charge is 0.395 e. The van der Waals surface area contributed by atoms with Gasteiger partial charge in [0.05, 0.1) is 12.2 Å². The summed E-state index contributed by atoms with van der Waals surface area (Å²) in [7, 11) is 0. The highest BCUT2D eigenvalue weighted by Gasteiger charge is 2.13. The monoisotopic (exact) mass is 228 g/mol. The molecule has 1 N–H and O–H groups in total. The van der Waals surface area contributed by atoms with Crippen LogP contribution in [0.25, 0.3) is 0 Å². The Labute approximate surface area is 93.5 Å². The van der Waals surface area contributed by atoms with Crippen LogP contribution in [0.15, 0.2) is 18.3 Å². The van der Waals surface area contributed by atoms with Crippen molar-refractivity contribution < 1.29 is 9.90 Å². The standard InChI is InChI=1S/C10H13ClN2O2/c1-2-13(5-6-14)10(15)8-3-4-9(11)12-7-8/h3-4,7,14H,2,5-6H2,1H3. The highest BCUT2D eigenvalue weighted by atomic mass is 35.5. The van der Waals surface area contributed by atoms with Crippen LogP contribution in [0.3, 0.4) is 0 Å². The second kappa shape index (κ2) is 5.68. The summed E-state index contributed by atoms with van der Waals surface area (Å²) in [6.45, 7) is 2.71. The van der Waals surface area contributed by atoms with Crippen molar-refractivity contribution in [1.29, 1.82) is 0 Å². The molecule has 5 heteroatoms. The summed E-state index contributed by atoms with van der Waals surface area (Å²) >= 11 is 5.61. The molecule has 1 rings (SSSR count). The molecule has 0 aliphatic carbocycles. The van der Waals surface area contributed by atoms with Gasteiger partial charge in [-0.25, -0.2) is 4.98 Å². The molecular formula is C10H13ClN2O2. The maximum atomic E-state index is 11.8. The van der Waals surface area contributed by atoms with Crippen molar-refractivity contribution in [2.45, 2.75) is 6.92 Å². The fourth-order valence-corrected chi connectivity index (χ4v) is 1.32. The number of carbonyl (C=O) groups is 1. The Morgan fingerprint density at radius 3 is 2.80 bits per heavy atom. The van der Waals surface area contributed by atoms with Gasteiger partial charge in [-0.05, 0) is 19.1 Å². The van der Waals surface area contributed by atoms with E-state index in [0.29, 0.717) is 23.8 Å². The van der Waals surface area contributed by atoms with Crippen molar-refractivity contribution in [2.24, 2.45) is 0 Å². The third kappa shape index (κ3) is 3.18. The molecule has 0 radical (unpaired) electrons. The van der Waals surface area contributed by atoms with E-state index in [-0.39, 0.29) is 12.5 Å². The fourth-order valence-electron chi connectivity index (χ4n) is 1.21. The number of pyridine rings is 1. The minimum atomic E-state index is -0.143. The summed E-state index contributed by atoms with van der Waals surface area (Å²) in [5.74, 6) is -0.143. The van der Waals surface area contributed by atoms with Crippen molar-refractivity contribution in [2.75, 3.05) is 19.7 Å². The predicted molar refractivity (Wildman–Crippen MR) is 57.9 cm³/mol. The zero-order valence-corrected chi connectivity index (χ0v) is 9.24. The molecule has 82 valence electrons. The number of rotatable bonds is 4. The van der Waals surface area contributed by atoms with Crippen molar-refractivity contribution in [3.8, 4) is 0 Å². The molecule has 4 nitrogen and oxygen atoms in total. The first-order valence-corrected chi connectivity index (χ1v) is 5.08. The van der Waals surface area contributed by atoms with Gasteiger partial charge in [0.15, 0.2) is 0 Å². The molecule has 0 saturated carbocycles. The Kier molecular flexibility index (Phi) is 4.52. The number of amides is 1. The maximum absolute atomic E-state index is 11.8.